The molecule has 2 aromatic rings. The van der Waals surface area contributed by atoms with Gasteiger partial charge in [0.05, 0.1) is 11.4 Å². The topological polar surface area (TPSA) is 101 Å². The lowest BCUT2D eigenvalue weighted by molar-refractivity contribution is -0.115. The summed E-state index contributed by atoms with van der Waals surface area (Å²) in [5, 5.41) is 11.0. The molecule has 134 valence electrons. The summed E-state index contributed by atoms with van der Waals surface area (Å²) in [6, 6.07) is 14.2. The number of benzene rings is 2. The molecule has 0 unspecified atom stereocenters. The average molecular weight is 361 g/mol. The second-order valence-electron chi connectivity index (χ2n) is 5.71. The predicted molar refractivity (Wildman–Crippen MR) is 98.8 cm³/mol. The molecule has 0 aliphatic carbocycles. The van der Waals surface area contributed by atoms with Crippen LogP contribution in [0.15, 0.2) is 53.4 Å². The van der Waals surface area contributed by atoms with Crippen molar-refractivity contribution in [3.63, 3.8) is 0 Å². The van der Waals surface area contributed by atoms with Gasteiger partial charge in [0.25, 0.3) is 0 Å². The Hall–Kier alpha value is -2.22. The lowest BCUT2D eigenvalue weighted by Crippen LogP contribution is -2.29. The molecule has 0 aromatic heterocycles. The number of anilines is 1. The lowest BCUT2D eigenvalue weighted by atomic mass is 10.1. The fraction of sp³-hybridized carbons (Fsp3) is 0.278. The van der Waals surface area contributed by atoms with E-state index in [4.69, 9.17) is 5.14 Å². The van der Waals surface area contributed by atoms with Crippen molar-refractivity contribution < 1.29 is 13.2 Å². The number of carbonyl (C=O) groups excluding carboxylic acids is 1. The Morgan fingerprint density at radius 1 is 1.00 bits per heavy atom. The second kappa shape index (κ2) is 8.75. The van der Waals surface area contributed by atoms with Crippen molar-refractivity contribution in [2.45, 2.75) is 24.7 Å². The maximum Gasteiger partial charge on any atom is 0.238 e. The molecule has 0 heterocycles. The number of nitrogens with one attached hydrogen (secondary N) is 2. The van der Waals surface area contributed by atoms with Crippen LogP contribution in [0.25, 0.3) is 0 Å². The number of primary sulfonamides is 1. The summed E-state index contributed by atoms with van der Waals surface area (Å²) in [6.45, 7) is 2.90. The van der Waals surface area contributed by atoms with Crippen LogP contribution >= 0.6 is 0 Å². The standard InChI is InChI=1S/C18H23N3O3S/c1-2-14-3-7-16(8-4-14)21-18(22)13-20-12-11-15-5-9-17(10-6-15)25(19,23)24/h3-10,20H,2,11-13H2,1H3,(H,21,22)(H2,19,23,24). The molecule has 2 rings (SSSR count). The highest BCUT2D eigenvalue weighted by Crippen LogP contribution is 2.10. The summed E-state index contributed by atoms with van der Waals surface area (Å²) in [6.07, 6.45) is 1.65. The third-order valence-corrected chi connectivity index (χ3v) is 4.70. The van der Waals surface area contributed by atoms with Crippen LogP contribution in [0.5, 0.6) is 0 Å². The molecule has 0 saturated heterocycles. The molecule has 0 saturated carbocycles. The Labute approximate surface area is 148 Å². The van der Waals surface area contributed by atoms with Gasteiger partial charge in [0.15, 0.2) is 0 Å². The number of amides is 1. The zero-order chi connectivity index (χ0) is 18.3. The molecule has 25 heavy (non-hydrogen) atoms. The molecule has 6 nitrogen and oxygen atoms in total. The molecule has 1 amide bonds. The van der Waals surface area contributed by atoms with E-state index in [9.17, 15) is 13.2 Å². The van der Waals surface area contributed by atoms with E-state index < -0.39 is 10.0 Å². The van der Waals surface area contributed by atoms with Gasteiger partial charge in [0, 0.05) is 5.69 Å². The van der Waals surface area contributed by atoms with Gasteiger partial charge in [0.1, 0.15) is 0 Å². The zero-order valence-corrected chi connectivity index (χ0v) is 15.0. The number of carbonyl (C=O) groups is 1. The fourth-order valence-corrected chi connectivity index (χ4v) is 2.82. The van der Waals surface area contributed by atoms with Gasteiger partial charge in [-0.25, -0.2) is 13.6 Å². The van der Waals surface area contributed by atoms with Crippen LogP contribution in [0.2, 0.25) is 0 Å². The number of hydrogen-bond acceptors (Lipinski definition) is 4. The first kappa shape index (κ1) is 19.1. The molecule has 0 aliphatic rings. The summed E-state index contributed by atoms with van der Waals surface area (Å²) in [7, 11) is -3.66. The minimum atomic E-state index is -3.66. The van der Waals surface area contributed by atoms with Crippen molar-refractivity contribution in [2.75, 3.05) is 18.4 Å². The molecule has 7 heteroatoms. The van der Waals surface area contributed by atoms with E-state index in [1.54, 1.807) is 12.1 Å². The lowest BCUT2D eigenvalue weighted by Gasteiger charge is -2.08. The highest BCUT2D eigenvalue weighted by molar-refractivity contribution is 7.89. The summed E-state index contributed by atoms with van der Waals surface area (Å²) < 4.78 is 22.4. The molecule has 0 aliphatic heterocycles. The van der Waals surface area contributed by atoms with Gasteiger partial charge in [0.2, 0.25) is 15.9 Å². The monoisotopic (exact) mass is 361 g/mol. The van der Waals surface area contributed by atoms with Gasteiger partial charge in [-0.2, -0.15) is 0 Å². The molecule has 0 bridgehead atoms. The smallest absolute Gasteiger partial charge is 0.238 e. The Balaban J connectivity index is 1.72. The quantitative estimate of drug-likeness (QED) is 0.623. The van der Waals surface area contributed by atoms with Crippen molar-refractivity contribution in [1.29, 1.82) is 0 Å². The number of sulfonamides is 1. The Kier molecular flexibility index (Phi) is 6.69. The highest BCUT2D eigenvalue weighted by Gasteiger charge is 2.07. The van der Waals surface area contributed by atoms with Crippen LogP contribution in [-0.4, -0.2) is 27.4 Å². The van der Waals surface area contributed by atoms with E-state index >= 15 is 0 Å². The molecule has 0 atom stereocenters. The number of nitrogens with two attached hydrogens (primary N) is 1. The first-order valence-electron chi connectivity index (χ1n) is 8.09. The predicted octanol–water partition coefficient (Wildman–Crippen LogP) is 1.67. The number of hydrogen-bond donors (Lipinski definition) is 3. The van der Waals surface area contributed by atoms with E-state index in [0.29, 0.717) is 13.0 Å². The highest BCUT2D eigenvalue weighted by atomic mass is 32.2. The molecule has 2 aromatic carbocycles. The Morgan fingerprint density at radius 3 is 2.16 bits per heavy atom. The summed E-state index contributed by atoms with van der Waals surface area (Å²) in [5.74, 6) is -0.103. The van der Waals surface area contributed by atoms with E-state index in [1.165, 1.54) is 17.7 Å². The SMILES string of the molecule is CCc1ccc(NC(=O)CNCCc2ccc(S(N)(=O)=O)cc2)cc1. The van der Waals surface area contributed by atoms with Crippen molar-refractivity contribution >= 4 is 21.6 Å². The molecular formula is C18H23N3O3S. The Morgan fingerprint density at radius 2 is 1.60 bits per heavy atom. The van der Waals surface area contributed by atoms with Crippen molar-refractivity contribution in [1.82, 2.24) is 5.32 Å². The van der Waals surface area contributed by atoms with Gasteiger partial charge < -0.3 is 10.6 Å². The normalized spacial score (nSPS) is 11.3. The fourth-order valence-electron chi connectivity index (χ4n) is 2.31. The third-order valence-electron chi connectivity index (χ3n) is 3.77. The van der Waals surface area contributed by atoms with E-state index in [2.05, 4.69) is 17.6 Å². The van der Waals surface area contributed by atoms with Crippen molar-refractivity contribution in [3.8, 4) is 0 Å². The molecule has 4 N–H and O–H groups in total. The van der Waals surface area contributed by atoms with Gasteiger partial charge in [-0.05, 0) is 54.8 Å². The third kappa shape index (κ3) is 6.30. The minimum Gasteiger partial charge on any atom is -0.325 e. The van der Waals surface area contributed by atoms with Crippen LogP contribution in [0.1, 0.15) is 18.1 Å². The van der Waals surface area contributed by atoms with Gasteiger partial charge in [-0.1, -0.05) is 31.2 Å². The Bertz CT molecular complexity index is 800. The average Bonchev–Trinajstić information content (AvgIpc) is 2.59. The summed E-state index contributed by atoms with van der Waals surface area (Å²) in [4.78, 5) is 12.0. The zero-order valence-electron chi connectivity index (χ0n) is 14.2. The van der Waals surface area contributed by atoms with E-state index in [1.807, 2.05) is 24.3 Å². The number of rotatable bonds is 8. The maximum absolute atomic E-state index is 11.9. The first-order chi connectivity index (χ1) is 11.9. The van der Waals surface area contributed by atoms with E-state index in [-0.39, 0.29) is 17.3 Å². The van der Waals surface area contributed by atoms with Crippen LogP contribution in [0, 0.1) is 0 Å². The van der Waals surface area contributed by atoms with Crippen molar-refractivity contribution in [2.24, 2.45) is 5.14 Å². The summed E-state index contributed by atoms with van der Waals surface area (Å²) in [5.41, 5.74) is 2.97. The molecule has 0 spiro atoms. The van der Waals surface area contributed by atoms with Crippen molar-refractivity contribution in [3.05, 3.63) is 59.7 Å². The molecule has 0 radical (unpaired) electrons. The second-order valence-corrected chi connectivity index (χ2v) is 7.28. The largest absolute Gasteiger partial charge is 0.325 e. The number of aryl methyl sites for hydroxylation is 1. The van der Waals surface area contributed by atoms with Gasteiger partial charge in [-0.3, -0.25) is 4.79 Å². The van der Waals surface area contributed by atoms with Crippen LogP contribution < -0.4 is 15.8 Å². The first-order valence-corrected chi connectivity index (χ1v) is 9.64. The van der Waals surface area contributed by atoms with Crippen LogP contribution in [0.4, 0.5) is 5.69 Å². The van der Waals surface area contributed by atoms with E-state index in [0.717, 1.165) is 17.7 Å². The summed E-state index contributed by atoms with van der Waals surface area (Å²) >= 11 is 0. The minimum absolute atomic E-state index is 0.0951. The van der Waals surface area contributed by atoms with Gasteiger partial charge >= 0.3 is 0 Å². The molecular weight excluding hydrogens is 338 g/mol. The molecule has 0 fully saturated rings. The van der Waals surface area contributed by atoms with Crippen LogP contribution in [-0.2, 0) is 27.7 Å². The van der Waals surface area contributed by atoms with Crippen LogP contribution in [0.3, 0.4) is 0 Å². The maximum atomic E-state index is 11.9. The van der Waals surface area contributed by atoms with Gasteiger partial charge in [-0.15, -0.1) is 0 Å².